The number of rotatable bonds is 15. The Morgan fingerprint density at radius 1 is 1.00 bits per heavy atom. The van der Waals surface area contributed by atoms with Crippen molar-refractivity contribution in [3.05, 3.63) is 115 Å². The molecule has 45 heavy (non-hydrogen) atoms. The van der Waals surface area contributed by atoms with Gasteiger partial charge in [-0.2, -0.15) is 0 Å². The smallest absolute Gasteiger partial charge is 0.331 e. The molecule has 6 N–H and O–H groups in total. The summed E-state index contributed by atoms with van der Waals surface area (Å²) in [4.78, 5) is 61.2. The largest absolute Gasteiger partial charge is 0.370 e. The third-order valence-corrected chi connectivity index (χ3v) is 8.47. The molecule has 1 atom stereocenters. The van der Waals surface area contributed by atoms with Crippen molar-refractivity contribution in [2.75, 3.05) is 11.3 Å². The Balaban J connectivity index is 1.63. The zero-order valence-electron chi connectivity index (χ0n) is 24.0. The summed E-state index contributed by atoms with van der Waals surface area (Å²) in [5.74, 6) is -1.82. The quantitative estimate of drug-likeness (QED) is 0.0620. The molecule has 0 fully saturated rings. The second kappa shape index (κ2) is 15.1. The molecule has 0 saturated carbocycles. The number of anilines is 1. The summed E-state index contributed by atoms with van der Waals surface area (Å²) in [5, 5.41) is 4.37. The number of guanidine groups is 1. The predicted octanol–water partition coefficient (Wildman–Crippen LogP) is 0.878. The van der Waals surface area contributed by atoms with E-state index in [1.165, 1.54) is 6.20 Å². The molecule has 2 heterocycles. The number of aliphatic imine (C=N–C) groups is 1. The normalized spacial score (nSPS) is 11.8. The monoisotopic (exact) mass is 652 g/mol. The van der Waals surface area contributed by atoms with Gasteiger partial charge in [0.05, 0.1) is 18.3 Å². The van der Waals surface area contributed by atoms with E-state index in [-0.39, 0.29) is 30.5 Å². The summed E-state index contributed by atoms with van der Waals surface area (Å²) in [7, 11) is -4.09. The third kappa shape index (κ3) is 9.45. The van der Waals surface area contributed by atoms with E-state index in [1.807, 2.05) is 0 Å². The third-order valence-electron chi connectivity index (χ3n) is 6.44. The Bertz CT molecular complexity index is 1870. The lowest BCUT2D eigenvalue weighted by molar-refractivity contribution is -0.122. The van der Waals surface area contributed by atoms with Crippen LogP contribution in [0.4, 0.5) is 5.69 Å². The maximum Gasteiger partial charge on any atom is 0.331 e. The van der Waals surface area contributed by atoms with E-state index in [9.17, 15) is 27.6 Å². The number of benzene rings is 2. The molecule has 0 saturated heterocycles. The molecule has 0 aliphatic rings. The lowest BCUT2D eigenvalue weighted by Crippen LogP contribution is -2.48. The Morgan fingerprint density at radius 2 is 1.67 bits per heavy atom. The molecule has 236 valence electrons. The molecular formula is C29H32N8O6S2. The highest BCUT2D eigenvalue weighted by Crippen LogP contribution is 2.12. The SMILES string of the molecule is NC(N)=NCCC[C@H](NC(=O)Cn1c(=O)c(NS(=O)(=O)Cc2ccccc2)cn(Cc2ccccc2)c1=O)C(=O)c1nccs1. The number of nitrogens with zero attached hydrogens (tertiary/aromatic N) is 4. The topological polar surface area (TPSA) is 214 Å². The van der Waals surface area contributed by atoms with Crippen LogP contribution < -0.4 is 32.8 Å². The van der Waals surface area contributed by atoms with Crippen molar-refractivity contribution >= 4 is 44.7 Å². The van der Waals surface area contributed by atoms with Crippen LogP contribution in [0.5, 0.6) is 0 Å². The molecule has 0 aliphatic heterocycles. The fourth-order valence-electron chi connectivity index (χ4n) is 4.40. The van der Waals surface area contributed by atoms with Gasteiger partial charge in [-0.1, -0.05) is 60.7 Å². The van der Waals surface area contributed by atoms with Gasteiger partial charge in [0.1, 0.15) is 12.2 Å². The summed E-state index contributed by atoms with van der Waals surface area (Å²) in [5.41, 5.74) is 9.63. The lowest BCUT2D eigenvalue weighted by Gasteiger charge is -2.18. The van der Waals surface area contributed by atoms with Crippen LogP contribution in [0.25, 0.3) is 0 Å². The molecule has 4 aromatic rings. The molecular weight excluding hydrogens is 621 g/mol. The number of carbonyl (C=O) groups is 2. The van der Waals surface area contributed by atoms with Gasteiger partial charge in [0.15, 0.2) is 11.0 Å². The van der Waals surface area contributed by atoms with Crippen LogP contribution in [0.15, 0.2) is 93.0 Å². The maximum atomic E-state index is 13.5. The van der Waals surface area contributed by atoms with E-state index in [4.69, 9.17) is 11.5 Å². The number of nitrogens with two attached hydrogens (primary N) is 2. The minimum atomic E-state index is -4.09. The first-order valence-electron chi connectivity index (χ1n) is 13.7. The summed E-state index contributed by atoms with van der Waals surface area (Å²) in [6, 6.07) is 16.1. The van der Waals surface area contributed by atoms with Crippen molar-refractivity contribution in [3.63, 3.8) is 0 Å². The van der Waals surface area contributed by atoms with Gasteiger partial charge < -0.3 is 16.8 Å². The van der Waals surface area contributed by atoms with Crippen LogP contribution in [-0.2, 0) is 33.7 Å². The molecule has 16 heteroatoms. The number of hydrogen-bond acceptors (Lipinski definition) is 9. The number of amides is 1. The number of hydrogen-bond donors (Lipinski definition) is 4. The zero-order chi connectivity index (χ0) is 32.4. The van der Waals surface area contributed by atoms with Gasteiger partial charge >= 0.3 is 5.69 Å². The second-order valence-electron chi connectivity index (χ2n) is 9.95. The van der Waals surface area contributed by atoms with Gasteiger partial charge in [0.25, 0.3) is 5.56 Å². The van der Waals surface area contributed by atoms with Crippen LogP contribution >= 0.6 is 11.3 Å². The fraction of sp³-hybridized carbons (Fsp3) is 0.241. The highest BCUT2D eigenvalue weighted by atomic mass is 32.2. The van der Waals surface area contributed by atoms with Gasteiger partial charge in [-0.05, 0) is 24.0 Å². The van der Waals surface area contributed by atoms with Crippen LogP contribution in [-0.4, -0.2) is 52.8 Å². The van der Waals surface area contributed by atoms with Crippen molar-refractivity contribution in [2.45, 2.75) is 37.7 Å². The number of Topliss-reactive ketones (excluding diaryl/α,β-unsaturated/α-hetero) is 1. The molecule has 0 radical (unpaired) electrons. The Kier molecular flexibility index (Phi) is 11.0. The minimum absolute atomic E-state index is 0.00899. The first-order chi connectivity index (χ1) is 21.5. The minimum Gasteiger partial charge on any atom is -0.370 e. The number of sulfonamides is 1. The first kappa shape index (κ1) is 32.8. The van der Waals surface area contributed by atoms with Crippen molar-refractivity contribution in [1.82, 2.24) is 19.4 Å². The fourth-order valence-corrected chi connectivity index (χ4v) is 6.21. The van der Waals surface area contributed by atoms with E-state index in [2.05, 4.69) is 20.0 Å². The lowest BCUT2D eigenvalue weighted by atomic mass is 10.1. The summed E-state index contributed by atoms with van der Waals surface area (Å²) >= 11 is 1.10. The average Bonchev–Trinajstić information content (AvgIpc) is 3.55. The molecule has 14 nitrogen and oxygen atoms in total. The highest BCUT2D eigenvalue weighted by molar-refractivity contribution is 7.91. The molecule has 2 aromatic heterocycles. The van der Waals surface area contributed by atoms with E-state index in [0.717, 1.165) is 22.1 Å². The summed E-state index contributed by atoms with van der Waals surface area (Å²) < 4.78 is 30.1. The van der Waals surface area contributed by atoms with Crippen molar-refractivity contribution in [2.24, 2.45) is 16.5 Å². The number of nitrogens with one attached hydrogen (secondary N) is 2. The molecule has 1 amide bonds. The van der Waals surface area contributed by atoms with E-state index in [1.54, 1.807) is 66.0 Å². The van der Waals surface area contributed by atoms with Crippen LogP contribution in [0, 0.1) is 0 Å². The first-order valence-corrected chi connectivity index (χ1v) is 16.3. The molecule has 0 unspecified atom stereocenters. The van der Waals surface area contributed by atoms with Crippen molar-refractivity contribution in [3.8, 4) is 0 Å². The van der Waals surface area contributed by atoms with Crippen molar-refractivity contribution < 1.29 is 18.0 Å². The predicted molar refractivity (Wildman–Crippen MR) is 171 cm³/mol. The van der Waals surface area contributed by atoms with Gasteiger partial charge in [-0.3, -0.25) is 28.7 Å². The van der Waals surface area contributed by atoms with Crippen LogP contribution in [0.3, 0.4) is 0 Å². The van der Waals surface area contributed by atoms with Crippen LogP contribution in [0.2, 0.25) is 0 Å². The van der Waals surface area contributed by atoms with E-state index < -0.39 is 57.0 Å². The Morgan fingerprint density at radius 3 is 2.29 bits per heavy atom. The standard InChI is InChI=1S/C29H32N8O6S2/c30-28(31)33-13-7-12-22(25(39)26-32-14-15-44-26)34-24(38)18-37-27(40)23(35-45(42,43)19-21-10-5-2-6-11-21)17-36(29(37)41)16-20-8-3-1-4-9-20/h1-6,8-11,14-15,17,22,35H,7,12-13,16,18-19H2,(H,34,38)(H4,30,31,33)/t22-/m0/s1. The molecule has 0 bridgehead atoms. The van der Waals surface area contributed by atoms with E-state index >= 15 is 0 Å². The Hall–Kier alpha value is -5.09. The number of thiazole rings is 1. The van der Waals surface area contributed by atoms with Gasteiger partial charge in [0, 0.05) is 24.3 Å². The zero-order valence-corrected chi connectivity index (χ0v) is 25.7. The number of ketones is 1. The van der Waals surface area contributed by atoms with Gasteiger partial charge in [-0.25, -0.2) is 22.8 Å². The second-order valence-corrected chi connectivity index (χ2v) is 12.6. The Labute approximate surface area is 262 Å². The van der Waals surface area contributed by atoms with Crippen LogP contribution in [0.1, 0.15) is 33.8 Å². The summed E-state index contributed by atoms with van der Waals surface area (Å²) in [6.07, 6.45) is 3.05. The number of carbonyl (C=O) groups excluding carboxylic acids is 2. The van der Waals surface area contributed by atoms with Crippen molar-refractivity contribution in [1.29, 1.82) is 0 Å². The van der Waals surface area contributed by atoms with Gasteiger partial charge in [-0.15, -0.1) is 11.3 Å². The average molecular weight is 653 g/mol. The highest BCUT2D eigenvalue weighted by Gasteiger charge is 2.25. The number of aromatic nitrogens is 3. The molecule has 4 rings (SSSR count). The molecule has 2 aromatic carbocycles. The van der Waals surface area contributed by atoms with Gasteiger partial charge in [0.2, 0.25) is 21.7 Å². The van der Waals surface area contributed by atoms with E-state index in [0.29, 0.717) is 22.1 Å². The summed E-state index contributed by atoms with van der Waals surface area (Å²) in [6.45, 7) is -0.587. The maximum absolute atomic E-state index is 13.5. The molecule has 0 aliphatic carbocycles. The molecule has 0 spiro atoms.